The monoisotopic (exact) mass is 342 g/mol. The smallest absolute Gasteiger partial charge is 0.277 e. The number of hydrogen-bond donors (Lipinski definition) is 0. The van der Waals surface area contributed by atoms with Crippen LogP contribution >= 0.6 is 0 Å². The van der Waals surface area contributed by atoms with E-state index in [1.807, 2.05) is 11.0 Å². The Balaban J connectivity index is 1.43. The molecule has 2 aliphatic rings. The predicted octanol–water partition coefficient (Wildman–Crippen LogP) is 1.21. The Morgan fingerprint density at radius 1 is 1.28 bits per heavy atom. The van der Waals surface area contributed by atoms with Crippen LogP contribution in [-0.4, -0.2) is 51.6 Å². The van der Waals surface area contributed by atoms with E-state index in [1.165, 1.54) is 4.68 Å². The minimum atomic E-state index is -0.194. The molecule has 4 rings (SSSR count). The molecule has 1 aliphatic heterocycles. The lowest BCUT2D eigenvalue weighted by atomic mass is 10.1. The molecule has 1 saturated heterocycles. The Labute approximate surface area is 145 Å². The highest BCUT2D eigenvalue weighted by molar-refractivity contribution is 5.77. The fourth-order valence-electron chi connectivity index (χ4n) is 3.36. The number of carbonyl (C=O) groups is 1. The van der Waals surface area contributed by atoms with Crippen molar-refractivity contribution >= 4 is 16.8 Å². The molecule has 0 unspecified atom stereocenters. The average Bonchev–Trinajstić information content (AvgIpc) is 3.35. The topological polar surface area (TPSA) is 77.3 Å². The predicted molar refractivity (Wildman–Crippen MR) is 92.1 cm³/mol. The zero-order chi connectivity index (χ0) is 17.2. The van der Waals surface area contributed by atoms with Crippen LogP contribution in [0.4, 0.5) is 0 Å². The van der Waals surface area contributed by atoms with Crippen LogP contribution in [0.1, 0.15) is 25.7 Å². The lowest BCUT2D eigenvalue weighted by Gasteiger charge is -2.25. The zero-order valence-corrected chi connectivity index (χ0v) is 14.1. The lowest BCUT2D eigenvalue weighted by Crippen LogP contribution is -2.38. The number of aromatic nitrogens is 3. The van der Waals surface area contributed by atoms with Gasteiger partial charge in [-0.1, -0.05) is 17.3 Å². The van der Waals surface area contributed by atoms with Crippen LogP contribution in [0.5, 0.6) is 0 Å². The second kappa shape index (κ2) is 6.92. The van der Waals surface area contributed by atoms with Gasteiger partial charge < -0.3 is 9.64 Å². The van der Waals surface area contributed by atoms with Gasteiger partial charge in [0.1, 0.15) is 5.52 Å². The third-order valence-electron chi connectivity index (χ3n) is 4.95. The van der Waals surface area contributed by atoms with Crippen molar-refractivity contribution in [3.63, 3.8) is 0 Å². The first kappa shape index (κ1) is 16.2. The number of rotatable bonds is 6. The Morgan fingerprint density at radius 3 is 2.88 bits per heavy atom. The van der Waals surface area contributed by atoms with E-state index in [2.05, 4.69) is 10.3 Å². The van der Waals surface area contributed by atoms with Gasteiger partial charge in [-0.3, -0.25) is 9.59 Å². The van der Waals surface area contributed by atoms with E-state index in [1.54, 1.807) is 18.2 Å². The molecule has 2 fully saturated rings. The minimum Gasteiger partial charge on any atom is -0.381 e. The molecular weight excluding hydrogens is 320 g/mol. The second-order valence-corrected chi connectivity index (χ2v) is 6.89. The standard InChI is InChI=1S/C18H22N4O3/c23-17(21(14-5-6-14)11-13-8-10-25-12-13)7-9-22-18(24)15-3-1-2-4-16(15)19-20-22/h1-4,13-14H,5-12H2/t13-/m1/s1. The lowest BCUT2D eigenvalue weighted by molar-refractivity contribution is -0.132. The number of carbonyl (C=O) groups excluding carboxylic acids is 1. The largest absolute Gasteiger partial charge is 0.381 e. The highest BCUT2D eigenvalue weighted by Gasteiger charge is 2.34. The molecule has 25 heavy (non-hydrogen) atoms. The fourth-order valence-corrected chi connectivity index (χ4v) is 3.36. The van der Waals surface area contributed by atoms with Gasteiger partial charge in [-0.05, 0) is 31.4 Å². The van der Waals surface area contributed by atoms with Crippen molar-refractivity contribution in [2.24, 2.45) is 5.92 Å². The van der Waals surface area contributed by atoms with E-state index < -0.39 is 0 Å². The Morgan fingerprint density at radius 2 is 2.12 bits per heavy atom. The number of nitrogens with zero attached hydrogens (tertiary/aromatic N) is 4. The van der Waals surface area contributed by atoms with E-state index in [0.717, 1.165) is 39.0 Å². The Bertz CT molecular complexity index is 824. The number of ether oxygens (including phenoxy) is 1. The molecule has 0 spiro atoms. The van der Waals surface area contributed by atoms with E-state index >= 15 is 0 Å². The highest BCUT2D eigenvalue weighted by Crippen LogP contribution is 2.29. The number of hydrogen-bond acceptors (Lipinski definition) is 5. The highest BCUT2D eigenvalue weighted by atomic mass is 16.5. The van der Waals surface area contributed by atoms with Gasteiger partial charge in [0.15, 0.2) is 0 Å². The van der Waals surface area contributed by atoms with Crippen molar-refractivity contribution in [1.82, 2.24) is 19.9 Å². The molecule has 0 bridgehead atoms. The molecule has 1 aromatic heterocycles. The van der Waals surface area contributed by atoms with Gasteiger partial charge in [-0.25, -0.2) is 4.68 Å². The van der Waals surface area contributed by atoms with Crippen molar-refractivity contribution in [3.8, 4) is 0 Å². The van der Waals surface area contributed by atoms with Gasteiger partial charge in [-0.15, -0.1) is 5.10 Å². The van der Waals surface area contributed by atoms with Crippen LogP contribution in [-0.2, 0) is 16.1 Å². The molecular formula is C18H22N4O3. The first-order chi connectivity index (χ1) is 12.2. The van der Waals surface area contributed by atoms with Gasteiger partial charge in [-0.2, -0.15) is 0 Å². The summed E-state index contributed by atoms with van der Waals surface area (Å²) in [7, 11) is 0. The third kappa shape index (κ3) is 3.56. The second-order valence-electron chi connectivity index (χ2n) is 6.89. The van der Waals surface area contributed by atoms with E-state index in [0.29, 0.717) is 22.9 Å². The van der Waals surface area contributed by atoms with Crippen LogP contribution in [0.2, 0.25) is 0 Å². The van der Waals surface area contributed by atoms with Crippen LogP contribution in [0, 0.1) is 5.92 Å². The molecule has 2 aromatic rings. The number of benzene rings is 1. The van der Waals surface area contributed by atoms with Crippen LogP contribution in [0.3, 0.4) is 0 Å². The summed E-state index contributed by atoms with van der Waals surface area (Å²) in [5, 5.41) is 8.57. The summed E-state index contributed by atoms with van der Waals surface area (Å²) in [5.41, 5.74) is 0.386. The Hall–Kier alpha value is -2.28. The summed E-state index contributed by atoms with van der Waals surface area (Å²) in [4.78, 5) is 27.1. The van der Waals surface area contributed by atoms with E-state index in [9.17, 15) is 9.59 Å². The molecule has 7 nitrogen and oxygen atoms in total. The molecule has 1 atom stereocenters. The Kier molecular flexibility index (Phi) is 4.48. The van der Waals surface area contributed by atoms with Crippen molar-refractivity contribution < 1.29 is 9.53 Å². The molecule has 1 saturated carbocycles. The van der Waals surface area contributed by atoms with Crippen molar-refractivity contribution in [2.45, 2.75) is 38.3 Å². The van der Waals surface area contributed by atoms with Crippen molar-refractivity contribution in [2.75, 3.05) is 19.8 Å². The summed E-state index contributed by atoms with van der Waals surface area (Å²) in [6.07, 6.45) is 3.45. The quantitative estimate of drug-likeness (QED) is 0.788. The molecule has 132 valence electrons. The summed E-state index contributed by atoms with van der Waals surface area (Å²) >= 11 is 0. The number of amides is 1. The van der Waals surface area contributed by atoms with Crippen molar-refractivity contribution in [3.05, 3.63) is 34.6 Å². The normalized spacial score (nSPS) is 20.1. The van der Waals surface area contributed by atoms with E-state index in [4.69, 9.17) is 4.74 Å². The number of aryl methyl sites for hydroxylation is 1. The van der Waals surface area contributed by atoms with Crippen LogP contribution < -0.4 is 5.56 Å². The molecule has 2 heterocycles. The van der Waals surface area contributed by atoms with Gasteiger partial charge in [0.25, 0.3) is 5.56 Å². The third-order valence-corrected chi connectivity index (χ3v) is 4.95. The first-order valence-electron chi connectivity index (χ1n) is 8.92. The average molecular weight is 342 g/mol. The molecule has 7 heteroatoms. The molecule has 1 aliphatic carbocycles. The maximum atomic E-state index is 12.7. The van der Waals surface area contributed by atoms with Gasteiger partial charge >= 0.3 is 0 Å². The van der Waals surface area contributed by atoms with Gasteiger partial charge in [0, 0.05) is 31.5 Å². The SMILES string of the molecule is O=C(CCn1nnc2ccccc2c1=O)N(C[C@H]1CCOC1)C1CC1. The molecule has 1 amide bonds. The fraction of sp³-hybridized carbons (Fsp3) is 0.556. The summed E-state index contributed by atoms with van der Waals surface area (Å²) in [6.45, 7) is 2.56. The van der Waals surface area contributed by atoms with Gasteiger partial charge in [0.05, 0.1) is 18.5 Å². The first-order valence-corrected chi connectivity index (χ1v) is 8.92. The minimum absolute atomic E-state index is 0.0938. The van der Waals surface area contributed by atoms with Crippen LogP contribution in [0.15, 0.2) is 29.1 Å². The molecule has 0 N–H and O–H groups in total. The molecule has 1 aromatic carbocycles. The zero-order valence-electron chi connectivity index (χ0n) is 14.1. The van der Waals surface area contributed by atoms with Crippen molar-refractivity contribution in [1.29, 1.82) is 0 Å². The summed E-state index contributed by atoms with van der Waals surface area (Å²) < 4.78 is 6.72. The van der Waals surface area contributed by atoms with E-state index in [-0.39, 0.29) is 24.4 Å². The van der Waals surface area contributed by atoms with Gasteiger partial charge in [0.2, 0.25) is 5.91 Å². The molecule has 0 radical (unpaired) electrons. The maximum absolute atomic E-state index is 12.7. The summed E-state index contributed by atoms with van der Waals surface area (Å²) in [5.74, 6) is 0.531. The van der Waals surface area contributed by atoms with Crippen LogP contribution in [0.25, 0.3) is 10.9 Å². The number of fused-ring (bicyclic) bond motifs is 1. The summed E-state index contributed by atoms with van der Waals surface area (Å²) in [6, 6.07) is 7.50. The maximum Gasteiger partial charge on any atom is 0.277 e.